The van der Waals surface area contributed by atoms with Crippen molar-refractivity contribution in [3.63, 3.8) is 0 Å². The Morgan fingerprint density at radius 3 is 2.48 bits per heavy atom. The minimum Gasteiger partial charge on any atom is -0.494 e. The Labute approximate surface area is 192 Å². The molecule has 0 radical (unpaired) electrons. The van der Waals surface area contributed by atoms with E-state index >= 15 is 0 Å². The van der Waals surface area contributed by atoms with Crippen LogP contribution in [-0.2, 0) is 6.42 Å². The Balaban J connectivity index is 1.73. The summed E-state index contributed by atoms with van der Waals surface area (Å²) in [5.41, 5.74) is 3.30. The largest absolute Gasteiger partial charge is 0.494 e. The van der Waals surface area contributed by atoms with Crippen molar-refractivity contribution in [2.75, 3.05) is 11.5 Å². The Morgan fingerprint density at radius 2 is 1.73 bits per heavy atom. The van der Waals surface area contributed by atoms with Gasteiger partial charge in [0.25, 0.3) is 5.91 Å². The summed E-state index contributed by atoms with van der Waals surface area (Å²) in [4.78, 5) is 28.9. The molecule has 5 heteroatoms. The monoisotopic (exact) mass is 439 g/mol. The molecule has 1 unspecified atom stereocenters. The molecule has 1 aromatic heterocycles. The van der Waals surface area contributed by atoms with E-state index in [0.29, 0.717) is 28.9 Å². The fourth-order valence-corrected chi connectivity index (χ4v) is 4.39. The maximum atomic E-state index is 13.7. The van der Waals surface area contributed by atoms with Crippen LogP contribution >= 0.6 is 0 Å². The van der Waals surface area contributed by atoms with Gasteiger partial charge in [0.2, 0.25) is 5.76 Å². The van der Waals surface area contributed by atoms with Crippen LogP contribution in [-0.4, -0.2) is 12.5 Å². The molecule has 1 aliphatic rings. The fourth-order valence-electron chi connectivity index (χ4n) is 4.39. The number of carbonyl (C=O) groups excluding carboxylic acids is 1. The van der Waals surface area contributed by atoms with Crippen LogP contribution in [0.15, 0.2) is 82.0 Å². The molecule has 0 aliphatic carbocycles. The van der Waals surface area contributed by atoms with Gasteiger partial charge in [-0.2, -0.15) is 0 Å². The summed E-state index contributed by atoms with van der Waals surface area (Å²) >= 11 is 0. The molecule has 33 heavy (non-hydrogen) atoms. The summed E-state index contributed by atoms with van der Waals surface area (Å²) in [6.45, 7) is 4.73. The van der Waals surface area contributed by atoms with Gasteiger partial charge >= 0.3 is 0 Å². The standard InChI is InChI=1S/C28H25NO4/c1-3-16-32-21-9-7-8-19(17-21)25-24-26(30)22-10-5-6-11-23(22)33-27(24)28(31)29(25)20-14-12-18(4-2)13-15-20/h5-15,17,25H,3-4,16H2,1-2H3. The average Bonchev–Trinajstić information content (AvgIpc) is 3.15. The third kappa shape index (κ3) is 3.59. The zero-order valence-corrected chi connectivity index (χ0v) is 18.7. The van der Waals surface area contributed by atoms with E-state index in [0.717, 1.165) is 24.1 Å². The second kappa shape index (κ2) is 8.58. The number of anilines is 1. The first-order valence-corrected chi connectivity index (χ1v) is 11.3. The van der Waals surface area contributed by atoms with Gasteiger partial charge < -0.3 is 9.15 Å². The maximum Gasteiger partial charge on any atom is 0.295 e. The minimum absolute atomic E-state index is 0.100. The number of amides is 1. The minimum atomic E-state index is -0.606. The van der Waals surface area contributed by atoms with Crippen LogP contribution in [0.25, 0.3) is 11.0 Å². The molecule has 3 aromatic carbocycles. The van der Waals surface area contributed by atoms with E-state index < -0.39 is 6.04 Å². The number of benzene rings is 3. The second-order valence-corrected chi connectivity index (χ2v) is 8.19. The van der Waals surface area contributed by atoms with Crippen LogP contribution in [0.1, 0.15) is 53.6 Å². The predicted molar refractivity (Wildman–Crippen MR) is 129 cm³/mol. The Kier molecular flexibility index (Phi) is 5.47. The third-order valence-corrected chi connectivity index (χ3v) is 6.05. The molecule has 0 saturated heterocycles. The second-order valence-electron chi connectivity index (χ2n) is 8.19. The molecule has 0 spiro atoms. The van der Waals surface area contributed by atoms with Gasteiger partial charge in [0.15, 0.2) is 5.43 Å². The van der Waals surface area contributed by atoms with Crippen LogP contribution < -0.4 is 15.1 Å². The molecule has 4 aromatic rings. The van der Waals surface area contributed by atoms with E-state index in [1.165, 1.54) is 5.56 Å². The molecule has 5 rings (SSSR count). The predicted octanol–water partition coefficient (Wildman–Crippen LogP) is 5.89. The SMILES string of the molecule is CCCOc1cccc(C2c3c(oc4ccccc4c3=O)C(=O)N2c2ccc(CC)cc2)c1. The van der Waals surface area contributed by atoms with Crippen molar-refractivity contribution in [3.05, 3.63) is 105 Å². The number of hydrogen-bond donors (Lipinski definition) is 0. The van der Waals surface area contributed by atoms with Crippen molar-refractivity contribution in [2.45, 2.75) is 32.7 Å². The number of hydrogen-bond acceptors (Lipinski definition) is 4. The van der Waals surface area contributed by atoms with E-state index in [4.69, 9.17) is 9.15 Å². The first-order chi connectivity index (χ1) is 16.1. The van der Waals surface area contributed by atoms with Crippen molar-refractivity contribution < 1.29 is 13.9 Å². The number of carbonyl (C=O) groups is 1. The number of nitrogens with zero attached hydrogens (tertiary/aromatic N) is 1. The highest BCUT2D eigenvalue weighted by Crippen LogP contribution is 2.41. The van der Waals surface area contributed by atoms with Crippen molar-refractivity contribution in [1.82, 2.24) is 0 Å². The molecule has 0 saturated carbocycles. The highest BCUT2D eigenvalue weighted by atomic mass is 16.5. The lowest BCUT2D eigenvalue weighted by Crippen LogP contribution is -2.29. The van der Waals surface area contributed by atoms with Crippen LogP contribution in [0.4, 0.5) is 5.69 Å². The van der Waals surface area contributed by atoms with E-state index in [-0.39, 0.29) is 17.1 Å². The number of rotatable bonds is 6. The maximum absolute atomic E-state index is 13.7. The molecule has 0 bridgehead atoms. The van der Waals surface area contributed by atoms with Gasteiger partial charge in [0, 0.05) is 5.69 Å². The smallest absolute Gasteiger partial charge is 0.295 e. The van der Waals surface area contributed by atoms with E-state index in [1.54, 1.807) is 29.2 Å². The van der Waals surface area contributed by atoms with Crippen LogP contribution in [0.5, 0.6) is 5.75 Å². The molecule has 0 N–H and O–H groups in total. The first-order valence-electron chi connectivity index (χ1n) is 11.3. The normalized spacial score (nSPS) is 15.2. The molecule has 2 heterocycles. The fraction of sp³-hybridized carbons (Fsp3) is 0.214. The van der Waals surface area contributed by atoms with Crippen molar-refractivity contribution in [2.24, 2.45) is 0 Å². The van der Waals surface area contributed by atoms with Gasteiger partial charge in [0.1, 0.15) is 11.3 Å². The molecule has 1 amide bonds. The number of fused-ring (bicyclic) bond motifs is 2. The average molecular weight is 440 g/mol. The first kappa shape index (κ1) is 21.0. The summed E-state index contributed by atoms with van der Waals surface area (Å²) < 4.78 is 11.9. The van der Waals surface area contributed by atoms with Crippen molar-refractivity contribution in [3.8, 4) is 5.75 Å². The molecular formula is C28H25NO4. The lowest BCUT2D eigenvalue weighted by Gasteiger charge is -2.25. The third-order valence-electron chi connectivity index (χ3n) is 6.05. The van der Waals surface area contributed by atoms with E-state index in [9.17, 15) is 9.59 Å². The molecular weight excluding hydrogens is 414 g/mol. The van der Waals surface area contributed by atoms with Gasteiger partial charge in [-0.3, -0.25) is 14.5 Å². The van der Waals surface area contributed by atoms with Crippen LogP contribution in [0.2, 0.25) is 0 Å². The lowest BCUT2D eigenvalue weighted by atomic mass is 9.98. The van der Waals surface area contributed by atoms with Gasteiger partial charge in [0.05, 0.1) is 23.6 Å². The Hall–Kier alpha value is -3.86. The summed E-state index contributed by atoms with van der Waals surface area (Å²) in [5, 5.41) is 0.468. The topological polar surface area (TPSA) is 59.8 Å². The number of ether oxygens (including phenoxy) is 1. The zero-order valence-electron chi connectivity index (χ0n) is 18.7. The lowest BCUT2D eigenvalue weighted by molar-refractivity contribution is 0.0971. The summed E-state index contributed by atoms with van der Waals surface area (Å²) in [6, 6.07) is 21.9. The van der Waals surface area contributed by atoms with Gasteiger partial charge in [-0.15, -0.1) is 0 Å². The van der Waals surface area contributed by atoms with E-state index in [1.807, 2.05) is 55.5 Å². The van der Waals surface area contributed by atoms with Crippen molar-refractivity contribution in [1.29, 1.82) is 0 Å². The van der Waals surface area contributed by atoms with Crippen LogP contribution in [0.3, 0.4) is 0 Å². The van der Waals surface area contributed by atoms with Crippen molar-refractivity contribution >= 4 is 22.6 Å². The molecule has 166 valence electrons. The molecule has 1 atom stereocenters. The van der Waals surface area contributed by atoms with Gasteiger partial charge in [-0.25, -0.2) is 0 Å². The number of para-hydroxylation sites is 1. The van der Waals surface area contributed by atoms with Gasteiger partial charge in [-0.1, -0.05) is 50.2 Å². The highest BCUT2D eigenvalue weighted by Gasteiger charge is 2.43. The van der Waals surface area contributed by atoms with E-state index in [2.05, 4.69) is 6.92 Å². The Bertz CT molecular complexity index is 1390. The highest BCUT2D eigenvalue weighted by molar-refractivity contribution is 6.10. The van der Waals surface area contributed by atoms with Gasteiger partial charge in [-0.05, 0) is 60.4 Å². The summed E-state index contributed by atoms with van der Waals surface area (Å²) in [6.07, 6.45) is 1.79. The quantitative estimate of drug-likeness (QED) is 0.376. The van der Waals surface area contributed by atoms with Crippen LogP contribution in [0, 0.1) is 0 Å². The molecule has 1 aliphatic heterocycles. The number of aryl methyl sites for hydroxylation is 1. The zero-order chi connectivity index (χ0) is 22.9. The Morgan fingerprint density at radius 1 is 0.939 bits per heavy atom. The molecule has 5 nitrogen and oxygen atoms in total. The summed E-state index contributed by atoms with van der Waals surface area (Å²) in [5.74, 6) is 0.492. The molecule has 0 fully saturated rings. The summed E-state index contributed by atoms with van der Waals surface area (Å²) in [7, 11) is 0.